The number of nitriles is 1. The number of hydrogen-bond donors (Lipinski definition) is 2. The van der Waals surface area contributed by atoms with Crippen molar-refractivity contribution >= 4 is 40.2 Å². The Bertz CT molecular complexity index is 1220. The maximum absolute atomic E-state index is 12.7. The number of allylic oxidation sites excluding steroid dienone is 1. The van der Waals surface area contributed by atoms with Gasteiger partial charge in [-0.3, -0.25) is 4.79 Å². The molecule has 168 valence electrons. The van der Waals surface area contributed by atoms with Crippen LogP contribution in [-0.2, 0) is 9.53 Å². The van der Waals surface area contributed by atoms with Gasteiger partial charge in [0.1, 0.15) is 18.2 Å². The van der Waals surface area contributed by atoms with E-state index >= 15 is 0 Å². The normalized spacial score (nSPS) is 14.1. The van der Waals surface area contributed by atoms with E-state index in [2.05, 4.69) is 9.97 Å². The van der Waals surface area contributed by atoms with E-state index in [0.29, 0.717) is 16.0 Å². The summed E-state index contributed by atoms with van der Waals surface area (Å²) in [5.41, 5.74) is 1.57. The molecular weight excluding hydrogens is 440 g/mol. The van der Waals surface area contributed by atoms with E-state index in [-0.39, 0.29) is 23.1 Å². The SMILES string of the molecule is N#C/C(=C(/O)COC(=O)c1ccccc1SCC(=O)N1CCCC1)c1nc2ccccc2[nH]1. The fourth-order valence-corrected chi connectivity index (χ4v) is 4.51. The second-order valence-electron chi connectivity index (χ2n) is 7.48. The molecule has 3 aromatic rings. The number of nitrogens with zero attached hydrogens (tertiary/aromatic N) is 3. The number of H-pyrrole nitrogens is 1. The molecule has 9 heteroatoms. The molecule has 0 radical (unpaired) electrons. The van der Waals surface area contributed by atoms with Crippen LogP contribution in [0.4, 0.5) is 0 Å². The smallest absolute Gasteiger partial charge is 0.339 e. The molecule has 1 aromatic heterocycles. The molecule has 8 nitrogen and oxygen atoms in total. The lowest BCUT2D eigenvalue weighted by Crippen LogP contribution is -2.29. The molecule has 1 aliphatic heterocycles. The molecular formula is C24H22N4O4S. The number of aliphatic hydroxyl groups excluding tert-OH is 1. The lowest BCUT2D eigenvalue weighted by atomic mass is 10.2. The number of para-hydroxylation sites is 2. The van der Waals surface area contributed by atoms with Gasteiger partial charge in [-0.2, -0.15) is 5.26 Å². The van der Waals surface area contributed by atoms with Crippen molar-refractivity contribution < 1.29 is 19.4 Å². The lowest BCUT2D eigenvalue weighted by molar-refractivity contribution is -0.127. The van der Waals surface area contributed by atoms with Crippen LogP contribution in [0.2, 0.25) is 0 Å². The van der Waals surface area contributed by atoms with Crippen LogP contribution in [0.5, 0.6) is 0 Å². The van der Waals surface area contributed by atoms with Crippen LogP contribution in [0.25, 0.3) is 16.6 Å². The topological polar surface area (TPSA) is 119 Å². The monoisotopic (exact) mass is 462 g/mol. The number of esters is 1. The molecule has 2 aromatic carbocycles. The number of carbonyl (C=O) groups is 2. The van der Waals surface area contributed by atoms with Gasteiger partial charge in [0, 0.05) is 18.0 Å². The Morgan fingerprint density at radius 1 is 1.15 bits per heavy atom. The molecule has 0 aliphatic carbocycles. The number of nitrogens with one attached hydrogen (secondary N) is 1. The van der Waals surface area contributed by atoms with Gasteiger partial charge in [0.05, 0.1) is 22.3 Å². The molecule has 0 spiro atoms. The van der Waals surface area contributed by atoms with Crippen molar-refractivity contribution in [3.63, 3.8) is 0 Å². The first-order valence-corrected chi connectivity index (χ1v) is 11.5. The van der Waals surface area contributed by atoms with Gasteiger partial charge in [0.2, 0.25) is 5.91 Å². The molecule has 2 heterocycles. The number of rotatable bonds is 7. The van der Waals surface area contributed by atoms with Crippen molar-refractivity contribution in [2.45, 2.75) is 17.7 Å². The van der Waals surface area contributed by atoms with Crippen LogP contribution in [0.3, 0.4) is 0 Å². The first-order chi connectivity index (χ1) is 16.1. The van der Waals surface area contributed by atoms with Gasteiger partial charge in [-0.25, -0.2) is 9.78 Å². The first-order valence-electron chi connectivity index (χ1n) is 10.5. The van der Waals surface area contributed by atoms with E-state index in [1.165, 1.54) is 11.8 Å². The van der Waals surface area contributed by atoms with Crippen molar-refractivity contribution in [2.75, 3.05) is 25.4 Å². The molecule has 0 unspecified atom stereocenters. The average Bonchev–Trinajstić information content (AvgIpc) is 3.52. The number of carbonyl (C=O) groups excluding carboxylic acids is 2. The van der Waals surface area contributed by atoms with E-state index in [0.717, 1.165) is 31.4 Å². The largest absolute Gasteiger partial charge is 0.507 e. The first kappa shape index (κ1) is 22.4. The van der Waals surface area contributed by atoms with Gasteiger partial charge >= 0.3 is 5.97 Å². The van der Waals surface area contributed by atoms with Crippen molar-refractivity contribution in [2.24, 2.45) is 0 Å². The van der Waals surface area contributed by atoms with Crippen LogP contribution >= 0.6 is 11.8 Å². The highest BCUT2D eigenvalue weighted by Crippen LogP contribution is 2.25. The van der Waals surface area contributed by atoms with Gasteiger partial charge in [-0.15, -0.1) is 11.8 Å². The number of thioether (sulfide) groups is 1. The summed E-state index contributed by atoms with van der Waals surface area (Å²) < 4.78 is 5.27. The molecule has 0 bridgehead atoms. The Hall–Kier alpha value is -3.77. The predicted molar refractivity (Wildman–Crippen MR) is 125 cm³/mol. The second-order valence-corrected chi connectivity index (χ2v) is 8.50. The molecule has 1 aliphatic rings. The number of ether oxygens (including phenoxy) is 1. The number of aliphatic hydroxyl groups is 1. The van der Waals surface area contributed by atoms with E-state index in [4.69, 9.17) is 4.74 Å². The fourth-order valence-electron chi connectivity index (χ4n) is 3.57. The third-order valence-electron chi connectivity index (χ3n) is 5.28. The maximum atomic E-state index is 12.7. The summed E-state index contributed by atoms with van der Waals surface area (Å²) in [6, 6.07) is 16.0. The molecule has 0 saturated carbocycles. The highest BCUT2D eigenvalue weighted by Gasteiger charge is 2.20. The van der Waals surface area contributed by atoms with Crippen LogP contribution in [-0.4, -0.2) is 57.3 Å². The number of aromatic amines is 1. The number of imidazole rings is 1. The standard InChI is InChI=1S/C24H22N4O4S/c25-13-17(23-26-18-8-2-3-9-19(18)27-23)20(29)14-32-24(31)16-7-1-4-10-21(16)33-15-22(30)28-11-5-6-12-28/h1-4,7-10,29H,5-6,11-12,14-15H2,(H,26,27)/b20-17-. The van der Waals surface area contributed by atoms with E-state index in [1.54, 1.807) is 36.4 Å². The third-order valence-corrected chi connectivity index (χ3v) is 6.34. The number of amides is 1. The van der Waals surface area contributed by atoms with E-state index in [9.17, 15) is 20.0 Å². The predicted octanol–water partition coefficient (Wildman–Crippen LogP) is 3.93. The van der Waals surface area contributed by atoms with Gasteiger partial charge in [-0.1, -0.05) is 24.3 Å². The van der Waals surface area contributed by atoms with Gasteiger partial charge in [0.25, 0.3) is 0 Å². The molecule has 1 fully saturated rings. The summed E-state index contributed by atoms with van der Waals surface area (Å²) in [5, 5.41) is 19.9. The zero-order chi connectivity index (χ0) is 23.2. The quantitative estimate of drug-likeness (QED) is 0.236. The third kappa shape index (κ3) is 5.18. The molecule has 0 atom stereocenters. The van der Waals surface area contributed by atoms with Crippen LogP contribution in [0.15, 0.2) is 59.2 Å². The van der Waals surface area contributed by atoms with E-state index in [1.807, 2.05) is 23.1 Å². The van der Waals surface area contributed by atoms with Gasteiger partial charge in [0.15, 0.2) is 11.6 Å². The summed E-state index contributed by atoms with van der Waals surface area (Å²) in [4.78, 5) is 34.8. The molecule has 4 rings (SSSR count). The fraction of sp³-hybridized carbons (Fsp3) is 0.250. The number of benzene rings is 2. The van der Waals surface area contributed by atoms with Crippen molar-refractivity contribution in [1.29, 1.82) is 5.26 Å². The number of fused-ring (bicyclic) bond motifs is 1. The van der Waals surface area contributed by atoms with Gasteiger partial charge in [-0.05, 0) is 37.1 Å². The van der Waals surface area contributed by atoms with Crippen LogP contribution in [0.1, 0.15) is 29.0 Å². The minimum absolute atomic E-state index is 0.0470. The summed E-state index contributed by atoms with van der Waals surface area (Å²) >= 11 is 1.28. The Kier molecular flexibility index (Phi) is 6.95. The van der Waals surface area contributed by atoms with E-state index < -0.39 is 18.3 Å². The summed E-state index contributed by atoms with van der Waals surface area (Å²) in [6.07, 6.45) is 2.05. The Morgan fingerprint density at radius 2 is 1.88 bits per heavy atom. The Labute approximate surface area is 194 Å². The van der Waals surface area contributed by atoms with Crippen molar-refractivity contribution in [3.8, 4) is 6.07 Å². The number of likely N-dealkylation sites (tertiary alicyclic amines) is 1. The minimum atomic E-state index is -0.653. The zero-order valence-electron chi connectivity index (χ0n) is 17.8. The maximum Gasteiger partial charge on any atom is 0.339 e. The molecule has 33 heavy (non-hydrogen) atoms. The molecule has 2 N–H and O–H groups in total. The highest BCUT2D eigenvalue weighted by atomic mass is 32.2. The highest BCUT2D eigenvalue weighted by molar-refractivity contribution is 8.00. The summed E-state index contributed by atoms with van der Waals surface area (Å²) in [5.74, 6) is -0.575. The zero-order valence-corrected chi connectivity index (χ0v) is 18.6. The summed E-state index contributed by atoms with van der Waals surface area (Å²) in [7, 11) is 0. The lowest BCUT2D eigenvalue weighted by Gasteiger charge is -2.15. The molecule has 1 saturated heterocycles. The van der Waals surface area contributed by atoms with Crippen LogP contribution in [0, 0.1) is 11.3 Å². The summed E-state index contributed by atoms with van der Waals surface area (Å²) in [6.45, 7) is 1.08. The van der Waals surface area contributed by atoms with Crippen molar-refractivity contribution in [3.05, 3.63) is 65.7 Å². The number of hydrogen-bond acceptors (Lipinski definition) is 7. The Balaban J connectivity index is 1.43. The molecule has 1 amide bonds. The second kappa shape index (κ2) is 10.2. The van der Waals surface area contributed by atoms with Crippen LogP contribution < -0.4 is 0 Å². The average molecular weight is 463 g/mol. The minimum Gasteiger partial charge on any atom is -0.507 e. The van der Waals surface area contributed by atoms with Gasteiger partial charge < -0.3 is 19.7 Å². The number of aromatic nitrogens is 2. The van der Waals surface area contributed by atoms with Crippen molar-refractivity contribution in [1.82, 2.24) is 14.9 Å². The Morgan fingerprint density at radius 3 is 2.64 bits per heavy atom.